The van der Waals surface area contributed by atoms with Crippen LogP contribution in [0.3, 0.4) is 0 Å². The van der Waals surface area contributed by atoms with Crippen molar-refractivity contribution in [2.24, 2.45) is 0 Å². The number of rotatable bonds is 4. The van der Waals surface area contributed by atoms with Gasteiger partial charge in [0.1, 0.15) is 0 Å². The quantitative estimate of drug-likeness (QED) is 0.236. The minimum Gasteiger partial charge on any atom is -0.413 e. The zero-order valence-electron chi connectivity index (χ0n) is 24.0. The Morgan fingerprint density at radius 3 is 1.80 bits per heavy atom. The average Bonchev–Trinajstić information content (AvgIpc) is 3.63. The summed E-state index contributed by atoms with van der Waals surface area (Å²) in [7, 11) is 0. The first kappa shape index (κ1) is 25.3. The first-order chi connectivity index (χ1) is 21.8. The lowest BCUT2D eigenvalue weighted by Gasteiger charge is -2.32. The Morgan fingerprint density at radius 1 is 0.432 bits per heavy atom. The summed E-state index contributed by atoms with van der Waals surface area (Å²) in [5.74, 6) is 0. The highest BCUT2D eigenvalue weighted by Gasteiger charge is 2.52. The molecule has 206 valence electrons. The fraction of sp³-hybridized carbons (Fsp3) is 0. The summed E-state index contributed by atoms with van der Waals surface area (Å²) in [6.07, 6.45) is 4.62. The van der Waals surface area contributed by atoms with Crippen LogP contribution in [-0.4, -0.2) is 23.8 Å². The zero-order chi connectivity index (χ0) is 29.0. The van der Waals surface area contributed by atoms with Crippen molar-refractivity contribution in [3.8, 4) is 11.1 Å². The number of benzene rings is 6. The smallest absolute Gasteiger partial charge is 0.413 e. The summed E-state index contributed by atoms with van der Waals surface area (Å²) in [5, 5.41) is 5.10. The Labute approximate surface area is 261 Å². The molecule has 0 N–H and O–H groups in total. The van der Waals surface area contributed by atoms with E-state index < -0.39 is 0 Å². The highest BCUT2D eigenvalue weighted by Crippen LogP contribution is 2.36. The van der Waals surface area contributed by atoms with Gasteiger partial charge in [0, 0.05) is 38.3 Å². The van der Waals surface area contributed by atoms with Gasteiger partial charge in [0.25, 0.3) is 0 Å². The van der Waals surface area contributed by atoms with Gasteiger partial charge in [-0.15, -0.1) is 11.3 Å². The number of hydrazine groups is 1. The van der Waals surface area contributed by atoms with Crippen molar-refractivity contribution in [2.45, 2.75) is 0 Å². The van der Waals surface area contributed by atoms with Crippen LogP contribution in [-0.2, 0) is 0 Å². The number of fused-ring (bicyclic) bond motifs is 5. The molecule has 0 atom stereocenters. The summed E-state index contributed by atoms with van der Waals surface area (Å²) >= 11 is 1.87. The second-order valence-electron chi connectivity index (χ2n) is 11.5. The second kappa shape index (κ2) is 10.2. The molecule has 3 nitrogen and oxygen atoms in total. The van der Waals surface area contributed by atoms with Crippen molar-refractivity contribution in [3.05, 3.63) is 162 Å². The summed E-state index contributed by atoms with van der Waals surface area (Å²) < 4.78 is 5.22. The van der Waals surface area contributed by atoms with E-state index in [1.54, 1.807) is 0 Å². The number of hydrogen-bond acceptors (Lipinski definition) is 4. The molecule has 1 aromatic heterocycles. The monoisotopic (exact) mass is 579 g/mol. The number of anilines is 1. The van der Waals surface area contributed by atoms with Gasteiger partial charge in [0.2, 0.25) is 0 Å². The second-order valence-corrected chi connectivity index (χ2v) is 12.6. The van der Waals surface area contributed by atoms with Crippen LogP contribution in [0.5, 0.6) is 0 Å². The van der Waals surface area contributed by atoms with E-state index in [2.05, 4.69) is 179 Å². The molecule has 0 amide bonds. The molecule has 6 aromatic carbocycles. The van der Waals surface area contributed by atoms with E-state index in [0.717, 1.165) is 0 Å². The Hall–Kier alpha value is -5.19. The molecule has 0 unspecified atom stereocenters. The molecule has 44 heavy (non-hydrogen) atoms. The number of para-hydroxylation sites is 1. The summed E-state index contributed by atoms with van der Waals surface area (Å²) in [5.41, 5.74) is 6.14. The molecule has 0 aliphatic carbocycles. The Morgan fingerprint density at radius 2 is 1.02 bits per heavy atom. The van der Waals surface area contributed by atoms with Gasteiger partial charge in [-0.2, -0.15) is 0 Å². The van der Waals surface area contributed by atoms with Crippen molar-refractivity contribution < 1.29 is 0 Å². The van der Waals surface area contributed by atoms with E-state index in [1.165, 1.54) is 58.3 Å². The van der Waals surface area contributed by atoms with Crippen LogP contribution in [0, 0.1) is 0 Å². The van der Waals surface area contributed by atoms with E-state index in [9.17, 15) is 0 Å². The molecule has 0 spiro atoms. The third-order valence-corrected chi connectivity index (χ3v) is 10.0. The molecule has 0 radical (unpaired) electrons. The first-order valence-electron chi connectivity index (χ1n) is 15.1. The molecule has 2 aliphatic heterocycles. The maximum absolute atomic E-state index is 2.56. The van der Waals surface area contributed by atoms with Crippen LogP contribution in [0.15, 0.2) is 152 Å². The van der Waals surface area contributed by atoms with Gasteiger partial charge in [-0.3, -0.25) is 0 Å². The Balaban J connectivity index is 1.24. The Kier molecular flexibility index (Phi) is 5.88. The predicted octanol–water partition coefficient (Wildman–Crippen LogP) is 6.04. The maximum Gasteiger partial charge on any atom is 0.418 e. The van der Waals surface area contributed by atoms with Crippen molar-refractivity contribution >= 4 is 74.5 Å². The van der Waals surface area contributed by atoms with E-state index in [0.29, 0.717) is 0 Å². The van der Waals surface area contributed by atoms with Crippen molar-refractivity contribution in [1.82, 2.24) is 9.84 Å². The fourth-order valence-electron chi connectivity index (χ4n) is 6.87. The van der Waals surface area contributed by atoms with Crippen LogP contribution in [0.1, 0.15) is 0 Å². The largest absolute Gasteiger partial charge is 0.418 e. The SMILES string of the molecule is C1=c2ccccc2=CN2B(c3cccc(-c4ccc5sc6ccccc6c5c4)c3)N(c3ccccc3)B(c3ccccc3)N12. The molecule has 0 saturated carbocycles. The topological polar surface area (TPSA) is 9.72 Å². The van der Waals surface area contributed by atoms with Crippen LogP contribution < -0.4 is 26.1 Å². The van der Waals surface area contributed by atoms with E-state index >= 15 is 0 Å². The van der Waals surface area contributed by atoms with Gasteiger partial charge in [0.05, 0.1) is 0 Å². The molecular formula is C38H27B2N3S. The average molecular weight is 579 g/mol. The lowest BCUT2D eigenvalue weighted by atomic mass is 9.55. The Bertz CT molecular complexity index is 2290. The lowest BCUT2D eigenvalue weighted by molar-refractivity contribution is 0.368. The van der Waals surface area contributed by atoms with E-state index in [1.807, 2.05) is 11.3 Å². The molecule has 9 rings (SSSR count). The zero-order valence-corrected chi connectivity index (χ0v) is 24.8. The highest BCUT2D eigenvalue weighted by molar-refractivity contribution is 7.25. The van der Waals surface area contributed by atoms with E-state index in [-0.39, 0.29) is 14.0 Å². The molecule has 6 heteroatoms. The van der Waals surface area contributed by atoms with Gasteiger partial charge in [-0.05, 0) is 62.8 Å². The number of thiophene rings is 1. The molecule has 1 saturated heterocycles. The third-order valence-electron chi connectivity index (χ3n) is 8.88. The standard InChI is InChI=1S/C38H27B2N3S/c1-3-15-32(16-4-1)39-41-26-30-12-7-8-13-31(30)27-42(41)40(43(39)34-18-5-2-6-19-34)33-17-11-14-28(24-33)29-22-23-38-36(25-29)35-20-9-10-21-37(35)44-38/h1-27H. The predicted molar refractivity (Wildman–Crippen MR) is 189 cm³/mol. The van der Waals surface area contributed by atoms with Gasteiger partial charge in [-0.25, -0.2) is 0 Å². The minimum absolute atomic E-state index is 0.0228. The lowest BCUT2D eigenvalue weighted by Crippen LogP contribution is -2.57. The molecule has 2 aliphatic rings. The highest BCUT2D eigenvalue weighted by atomic mass is 32.1. The van der Waals surface area contributed by atoms with Crippen LogP contribution in [0.2, 0.25) is 0 Å². The number of hydrogen-bond donors (Lipinski definition) is 0. The molecule has 3 heterocycles. The molecule has 0 bridgehead atoms. The summed E-state index contributed by atoms with van der Waals surface area (Å²) in [4.78, 5) is 4.83. The van der Waals surface area contributed by atoms with Gasteiger partial charge < -0.3 is 14.6 Å². The van der Waals surface area contributed by atoms with Crippen molar-refractivity contribution in [3.63, 3.8) is 0 Å². The molecular weight excluding hydrogens is 552 g/mol. The van der Waals surface area contributed by atoms with Gasteiger partial charge in [-0.1, -0.05) is 121 Å². The van der Waals surface area contributed by atoms with Crippen LogP contribution >= 0.6 is 11.3 Å². The summed E-state index contributed by atoms with van der Waals surface area (Å²) in [6, 6.07) is 55.1. The fourth-order valence-corrected chi connectivity index (χ4v) is 7.95. The van der Waals surface area contributed by atoms with Crippen molar-refractivity contribution in [1.29, 1.82) is 0 Å². The van der Waals surface area contributed by atoms with Crippen molar-refractivity contribution in [2.75, 3.05) is 4.72 Å². The maximum atomic E-state index is 2.56. The minimum atomic E-state index is -0.0575. The first-order valence-corrected chi connectivity index (χ1v) is 15.9. The third kappa shape index (κ3) is 4.06. The molecule has 7 aromatic rings. The normalized spacial score (nSPS) is 14.0. The van der Waals surface area contributed by atoms with E-state index in [4.69, 9.17) is 0 Å². The molecule has 1 fully saturated rings. The van der Waals surface area contributed by atoms with Gasteiger partial charge >= 0.3 is 14.0 Å². The number of nitrogens with zero attached hydrogens (tertiary/aromatic N) is 3. The van der Waals surface area contributed by atoms with Crippen LogP contribution in [0.4, 0.5) is 5.69 Å². The summed E-state index contributed by atoms with van der Waals surface area (Å²) in [6.45, 7) is -0.0803. The van der Waals surface area contributed by atoms with Crippen LogP contribution in [0.25, 0.3) is 43.7 Å². The van der Waals surface area contributed by atoms with Gasteiger partial charge in [0.15, 0.2) is 0 Å².